The van der Waals surface area contributed by atoms with E-state index in [2.05, 4.69) is 10.2 Å². The molecule has 1 aliphatic carbocycles. The van der Waals surface area contributed by atoms with Gasteiger partial charge in [-0.25, -0.2) is 0 Å². The Hall–Kier alpha value is -0.0800. The molecule has 3 fully saturated rings. The minimum absolute atomic E-state index is 1.02. The quantitative estimate of drug-likeness (QED) is 0.713. The van der Waals surface area contributed by atoms with Crippen molar-refractivity contribution in [2.24, 2.45) is 17.8 Å². The molecular weight excluding hydrogens is 172 g/mol. The highest BCUT2D eigenvalue weighted by atomic mass is 15.1. The molecule has 2 aliphatic heterocycles. The monoisotopic (exact) mass is 194 g/mol. The number of fused-ring (bicyclic) bond motifs is 2. The van der Waals surface area contributed by atoms with E-state index in [1.807, 2.05) is 0 Å². The van der Waals surface area contributed by atoms with E-state index in [0.29, 0.717) is 0 Å². The van der Waals surface area contributed by atoms with Crippen molar-refractivity contribution in [1.82, 2.24) is 10.2 Å². The number of hydrogen-bond donors (Lipinski definition) is 1. The Labute approximate surface area is 87.0 Å². The summed E-state index contributed by atoms with van der Waals surface area (Å²) in [5, 5.41) is 3.53. The fraction of sp³-hybridized carbons (Fsp3) is 1.00. The summed E-state index contributed by atoms with van der Waals surface area (Å²) >= 11 is 0. The Morgan fingerprint density at radius 3 is 2.36 bits per heavy atom. The molecule has 1 N–H and O–H groups in total. The van der Waals surface area contributed by atoms with E-state index in [0.717, 1.165) is 17.8 Å². The van der Waals surface area contributed by atoms with Gasteiger partial charge in [0.05, 0.1) is 0 Å². The first-order valence-electron chi connectivity index (χ1n) is 6.36. The third kappa shape index (κ3) is 1.59. The molecule has 2 heteroatoms. The van der Waals surface area contributed by atoms with Crippen LogP contribution in [-0.4, -0.2) is 37.6 Å². The van der Waals surface area contributed by atoms with Crippen LogP contribution in [0.5, 0.6) is 0 Å². The first-order chi connectivity index (χ1) is 6.93. The Kier molecular flexibility index (Phi) is 2.50. The molecule has 0 amide bonds. The van der Waals surface area contributed by atoms with Crippen LogP contribution in [0.25, 0.3) is 0 Å². The molecule has 2 unspecified atom stereocenters. The Balaban J connectivity index is 1.52. The van der Waals surface area contributed by atoms with Gasteiger partial charge in [-0.2, -0.15) is 0 Å². The highest BCUT2D eigenvalue weighted by molar-refractivity contribution is 4.96. The smallest absolute Gasteiger partial charge is 0.00159 e. The highest BCUT2D eigenvalue weighted by Crippen LogP contribution is 2.43. The molecule has 2 nitrogen and oxygen atoms in total. The maximum Gasteiger partial charge on any atom is 0.00159 e. The van der Waals surface area contributed by atoms with Crippen molar-refractivity contribution in [1.29, 1.82) is 0 Å². The van der Waals surface area contributed by atoms with Gasteiger partial charge in [0.15, 0.2) is 0 Å². The molecule has 0 radical (unpaired) electrons. The van der Waals surface area contributed by atoms with Gasteiger partial charge in [-0.05, 0) is 63.2 Å². The van der Waals surface area contributed by atoms with Crippen LogP contribution in [-0.2, 0) is 0 Å². The molecule has 1 saturated carbocycles. The minimum atomic E-state index is 1.02. The summed E-state index contributed by atoms with van der Waals surface area (Å²) in [5.41, 5.74) is 0. The van der Waals surface area contributed by atoms with Crippen LogP contribution in [0.4, 0.5) is 0 Å². The van der Waals surface area contributed by atoms with Gasteiger partial charge in [0.1, 0.15) is 0 Å². The number of nitrogens with zero attached hydrogens (tertiary/aromatic N) is 1. The summed E-state index contributed by atoms with van der Waals surface area (Å²) in [6.45, 7) is 6.77. The average molecular weight is 194 g/mol. The molecule has 2 heterocycles. The second-order valence-corrected chi connectivity index (χ2v) is 5.44. The van der Waals surface area contributed by atoms with E-state index in [1.165, 1.54) is 58.4 Å². The zero-order valence-electron chi connectivity index (χ0n) is 9.04. The molecule has 80 valence electrons. The number of hydrogen-bond acceptors (Lipinski definition) is 2. The summed E-state index contributed by atoms with van der Waals surface area (Å²) in [7, 11) is 0. The van der Waals surface area contributed by atoms with Crippen molar-refractivity contribution in [3.63, 3.8) is 0 Å². The molecule has 0 aromatic heterocycles. The van der Waals surface area contributed by atoms with Gasteiger partial charge in [-0.1, -0.05) is 6.42 Å². The van der Waals surface area contributed by atoms with Crippen LogP contribution in [0.15, 0.2) is 0 Å². The summed E-state index contributed by atoms with van der Waals surface area (Å²) in [6, 6.07) is 0. The summed E-state index contributed by atoms with van der Waals surface area (Å²) < 4.78 is 0. The van der Waals surface area contributed by atoms with Crippen molar-refractivity contribution in [3.05, 3.63) is 0 Å². The molecule has 2 atom stereocenters. The number of piperidine rings is 3. The van der Waals surface area contributed by atoms with Crippen LogP contribution >= 0.6 is 0 Å². The van der Waals surface area contributed by atoms with Crippen molar-refractivity contribution in [3.8, 4) is 0 Å². The first-order valence-corrected chi connectivity index (χ1v) is 6.36. The van der Waals surface area contributed by atoms with Crippen molar-refractivity contribution >= 4 is 0 Å². The second-order valence-electron chi connectivity index (χ2n) is 5.44. The Bertz CT molecular complexity index is 184. The zero-order chi connectivity index (χ0) is 9.38. The standard InChI is InChI=1S/C12H22N2/c1-2-4-14(5-3-1)9-12-10-6-11(12)8-13-7-10/h10-13H,1-9H2. The van der Waals surface area contributed by atoms with E-state index in [1.54, 1.807) is 0 Å². The van der Waals surface area contributed by atoms with Gasteiger partial charge < -0.3 is 10.2 Å². The lowest BCUT2D eigenvalue weighted by Crippen LogP contribution is -2.56. The predicted molar refractivity (Wildman–Crippen MR) is 58.2 cm³/mol. The molecule has 0 aromatic rings. The maximum atomic E-state index is 3.53. The van der Waals surface area contributed by atoms with Gasteiger partial charge in [0.2, 0.25) is 0 Å². The Morgan fingerprint density at radius 2 is 1.71 bits per heavy atom. The van der Waals surface area contributed by atoms with Gasteiger partial charge in [-0.3, -0.25) is 0 Å². The van der Waals surface area contributed by atoms with E-state index in [-0.39, 0.29) is 0 Å². The summed E-state index contributed by atoms with van der Waals surface area (Å²) in [4.78, 5) is 2.72. The lowest BCUT2D eigenvalue weighted by Gasteiger charge is -2.51. The fourth-order valence-corrected chi connectivity index (χ4v) is 3.59. The van der Waals surface area contributed by atoms with Crippen LogP contribution in [0.1, 0.15) is 25.7 Å². The van der Waals surface area contributed by atoms with Gasteiger partial charge >= 0.3 is 0 Å². The number of nitrogens with one attached hydrogen (secondary N) is 1. The van der Waals surface area contributed by atoms with E-state index < -0.39 is 0 Å². The van der Waals surface area contributed by atoms with Crippen LogP contribution in [0.3, 0.4) is 0 Å². The number of rotatable bonds is 2. The fourth-order valence-electron chi connectivity index (χ4n) is 3.59. The average Bonchev–Trinajstić information content (AvgIpc) is 2.28. The molecule has 0 aromatic carbocycles. The van der Waals surface area contributed by atoms with Crippen molar-refractivity contribution in [2.75, 3.05) is 32.7 Å². The lowest BCUT2D eigenvalue weighted by atomic mass is 9.62. The van der Waals surface area contributed by atoms with Gasteiger partial charge in [0.25, 0.3) is 0 Å². The van der Waals surface area contributed by atoms with E-state index in [9.17, 15) is 0 Å². The van der Waals surface area contributed by atoms with Crippen molar-refractivity contribution in [2.45, 2.75) is 25.7 Å². The lowest BCUT2D eigenvalue weighted by molar-refractivity contribution is 0.0000850. The summed E-state index contributed by atoms with van der Waals surface area (Å²) in [6.07, 6.45) is 5.88. The molecule has 3 rings (SSSR count). The molecule has 2 bridgehead atoms. The minimum Gasteiger partial charge on any atom is -0.316 e. The normalized spacial score (nSPS) is 43.3. The number of likely N-dealkylation sites (tertiary alicyclic amines) is 1. The molecule has 14 heavy (non-hydrogen) atoms. The topological polar surface area (TPSA) is 15.3 Å². The van der Waals surface area contributed by atoms with Crippen molar-refractivity contribution < 1.29 is 0 Å². The zero-order valence-corrected chi connectivity index (χ0v) is 9.04. The van der Waals surface area contributed by atoms with Crippen LogP contribution < -0.4 is 5.32 Å². The van der Waals surface area contributed by atoms with Crippen LogP contribution in [0, 0.1) is 17.8 Å². The first kappa shape index (κ1) is 9.17. The molecular formula is C12H22N2. The predicted octanol–water partition coefficient (Wildman–Crippen LogP) is 1.33. The third-order valence-corrected chi connectivity index (χ3v) is 4.55. The highest BCUT2D eigenvalue weighted by Gasteiger charge is 2.43. The summed E-state index contributed by atoms with van der Waals surface area (Å²) in [5.74, 6) is 3.10. The second kappa shape index (κ2) is 3.82. The molecule has 0 spiro atoms. The molecule has 2 saturated heterocycles. The SMILES string of the molecule is C1CCN(CC2C3CNCC2C3)CC1. The van der Waals surface area contributed by atoms with Gasteiger partial charge in [0, 0.05) is 6.54 Å². The van der Waals surface area contributed by atoms with E-state index >= 15 is 0 Å². The van der Waals surface area contributed by atoms with E-state index in [4.69, 9.17) is 0 Å². The Morgan fingerprint density at radius 1 is 1.00 bits per heavy atom. The van der Waals surface area contributed by atoms with Gasteiger partial charge in [-0.15, -0.1) is 0 Å². The molecule has 3 aliphatic rings. The largest absolute Gasteiger partial charge is 0.316 e. The third-order valence-electron chi connectivity index (χ3n) is 4.55. The van der Waals surface area contributed by atoms with Crippen LogP contribution in [0.2, 0.25) is 0 Å². The maximum absolute atomic E-state index is 3.53.